The van der Waals surface area contributed by atoms with Crippen molar-refractivity contribution in [1.29, 1.82) is 0 Å². The molecule has 1 aromatic carbocycles. The molecule has 0 heterocycles. The van der Waals surface area contributed by atoms with Gasteiger partial charge in [0.2, 0.25) is 9.84 Å². The van der Waals surface area contributed by atoms with Crippen LogP contribution < -0.4 is 0 Å². The predicted octanol–water partition coefficient (Wildman–Crippen LogP) is 3.77. The molecule has 0 saturated carbocycles. The fourth-order valence-electron chi connectivity index (χ4n) is 2.06. The Labute approximate surface area is 124 Å². The molecule has 1 unspecified atom stereocenters. The first-order valence-electron chi connectivity index (χ1n) is 7.17. The van der Waals surface area contributed by atoms with Crippen molar-refractivity contribution in [3.05, 3.63) is 30.3 Å². The molecule has 3 nitrogen and oxygen atoms in total. The van der Waals surface area contributed by atoms with E-state index in [9.17, 15) is 22.3 Å². The SMILES string of the molecule is CCCCCCC(O)CC(F)(F)S(=O)(=O)c1ccccc1. The molecule has 1 aromatic rings. The van der Waals surface area contributed by atoms with E-state index in [1.807, 2.05) is 6.92 Å². The molecule has 0 aromatic heterocycles. The molecule has 0 amide bonds. The summed E-state index contributed by atoms with van der Waals surface area (Å²) in [7, 11) is -4.76. The molecule has 0 aliphatic carbocycles. The minimum atomic E-state index is -4.76. The van der Waals surface area contributed by atoms with Gasteiger partial charge in [0.1, 0.15) is 0 Å². The topological polar surface area (TPSA) is 54.4 Å². The van der Waals surface area contributed by atoms with Gasteiger partial charge >= 0.3 is 5.25 Å². The number of sulfone groups is 1. The molecule has 0 spiro atoms. The van der Waals surface area contributed by atoms with Gasteiger partial charge in [-0.1, -0.05) is 50.8 Å². The zero-order chi connectivity index (χ0) is 15.9. The number of rotatable bonds is 9. The van der Waals surface area contributed by atoms with E-state index in [0.29, 0.717) is 6.42 Å². The van der Waals surface area contributed by atoms with Gasteiger partial charge in [-0.15, -0.1) is 0 Å². The van der Waals surface area contributed by atoms with Crippen molar-refractivity contribution in [2.24, 2.45) is 0 Å². The maximum atomic E-state index is 14.0. The van der Waals surface area contributed by atoms with E-state index in [-0.39, 0.29) is 6.42 Å². The Morgan fingerprint density at radius 1 is 1.14 bits per heavy atom. The summed E-state index contributed by atoms with van der Waals surface area (Å²) in [5, 5.41) is 5.69. The van der Waals surface area contributed by atoms with Crippen LogP contribution in [0.25, 0.3) is 0 Å². The van der Waals surface area contributed by atoms with Gasteiger partial charge in [0.25, 0.3) is 0 Å². The lowest BCUT2D eigenvalue weighted by Crippen LogP contribution is -2.33. The first-order valence-corrected chi connectivity index (χ1v) is 8.65. The second kappa shape index (κ2) is 7.84. The van der Waals surface area contributed by atoms with Crippen LogP contribution in [0.5, 0.6) is 0 Å². The van der Waals surface area contributed by atoms with Gasteiger partial charge in [0, 0.05) is 0 Å². The summed E-state index contributed by atoms with van der Waals surface area (Å²) < 4.78 is 51.7. The van der Waals surface area contributed by atoms with Gasteiger partial charge in [0.05, 0.1) is 17.4 Å². The molecule has 1 rings (SSSR count). The Morgan fingerprint density at radius 3 is 2.33 bits per heavy atom. The van der Waals surface area contributed by atoms with Crippen molar-refractivity contribution < 1.29 is 22.3 Å². The summed E-state index contributed by atoms with van der Waals surface area (Å²) in [4.78, 5) is -0.423. The van der Waals surface area contributed by atoms with Crippen molar-refractivity contribution in [1.82, 2.24) is 0 Å². The average Bonchev–Trinajstić information content (AvgIpc) is 2.44. The zero-order valence-corrected chi connectivity index (χ0v) is 13.0. The fourth-order valence-corrected chi connectivity index (χ4v) is 3.34. The van der Waals surface area contributed by atoms with E-state index >= 15 is 0 Å². The van der Waals surface area contributed by atoms with Crippen molar-refractivity contribution in [3.8, 4) is 0 Å². The highest BCUT2D eigenvalue weighted by Gasteiger charge is 2.47. The first-order chi connectivity index (χ1) is 9.81. The lowest BCUT2D eigenvalue weighted by Gasteiger charge is -2.20. The summed E-state index contributed by atoms with van der Waals surface area (Å²) in [5.74, 6) is 0. The van der Waals surface area contributed by atoms with Crippen LogP contribution in [0.3, 0.4) is 0 Å². The van der Waals surface area contributed by atoms with Crippen LogP contribution in [0.1, 0.15) is 45.4 Å². The summed E-state index contributed by atoms with van der Waals surface area (Å²) in [6, 6.07) is 6.61. The smallest absolute Gasteiger partial charge is 0.352 e. The lowest BCUT2D eigenvalue weighted by molar-refractivity contribution is 0.0215. The third-order valence-corrected chi connectivity index (χ3v) is 5.16. The van der Waals surface area contributed by atoms with Crippen LogP contribution in [0.2, 0.25) is 0 Å². The second-order valence-corrected chi connectivity index (χ2v) is 7.24. The Hall–Kier alpha value is -1.01. The fraction of sp³-hybridized carbons (Fsp3) is 0.600. The minimum absolute atomic E-state index is 0.194. The largest absolute Gasteiger partial charge is 0.393 e. The maximum Gasteiger partial charge on any atom is 0.352 e. The highest BCUT2D eigenvalue weighted by molar-refractivity contribution is 7.92. The third kappa shape index (κ3) is 5.04. The van der Waals surface area contributed by atoms with Crippen LogP contribution >= 0.6 is 0 Å². The summed E-state index contributed by atoms with van der Waals surface area (Å²) in [5.41, 5.74) is 0. The molecule has 0 bridgehead atoms. The number of aliphatic hydroxyl groups excluding tert-OH is 1. The molecule has 0 aliphatic heterocycles. The van der Waals surface area contributed by atoms with E-state index in [0.717, 1.165) is 31.4 Å². The molecule has 1 N–H and O–H groups in total. The molecule has 0 saturated heterocycles. The summed E-state index contributed by atoms with van der Waals surface area (Å²) in [6.07, 6.45) is 1.28. The molecular formula is C15H22F2O3S. The Kier molecular flexibility index (Phi) is 6.74. The number of benzene rings is 1. The van der Waals surface area contributed by atoms with Crippen LogP contribution in [0, 0.1) is 0 Å². The Balaban J connectivity index is 2.68. The molecule has 120 valence electrons. The predicted molar refractivity (Wildman–Crippen MR) is 78.0 cm³/mol. The van der Waals surface area contributed by atoms with E-state index in [1.54, 1.807) is 6.07 Å². The van der Waals surface area contributed by atoms with E-state index < -0.39 is 32.5 Å². The quantitative estimate of drug-likeness (QED) is 0.705. The number of aliphatic hydroxyl groups is 1. The average molecular weight is 320 g/mol. The Morgan fingerprint density at radius 2 is 1.76 bits per heavy atom. The van der Waals surface area contributed by atoms with Gasteiger partial charge in [-0.2, -0.15) is 8.78 Å². The Bertz CT molecular complexity index is 515. The van der Waals surface area contributed by atoms with E-state index in [1.165, 1.54) is 12.1 Å². The lowest BCUT2D eigenvalue weighted by atomic mass is 10.1. The minimum Gasteiger partial charge on any atom is -0.393 e. The number of hydrogen-bond donors (Lipinski definition) is 1. The molecule has 21 heavy (non-hydrogen) atoms. The standard InChI is InChI=1S/C15H22F2O3S/c1-2-3-4-6-9-13(18)12-15(16,17)21(19,20)14-10-7-5-8-11-14/h5,7-8,10-11,13,18H,2-4,6,9,12H2,1H3. The monoisotopic (exact) mass is 320 g/mol. The normalized spacial score (nSPS) is 14.1. The second-order valence-electron chi connectivity index (χ2n) is 5.16. The molecule has 6 heteroatoms. The maximum absolute atomic E-state index is 14.0. The van der Waals surface area contributed by atoms with Gasteiger partial charge in [-0.3, -0.25) is 0 Å². The summed E-state index contributed by atoms with van der Waals surface area (Å²) >= 11 is 0. The van der Waals surface area contributed by atoms with E-state index in [2.05, 4.69) is 0 Å². The van der Waals surface area contributed by atoms with Crippen LogP contribution in [-0.2, 0) is 9.84 Å². The van der Waals surface area contributed by atoms with Gasteiger partial charge in [-0.25, -0.2) is 8.42 Å². The molecule has 0 fully saturated rings. The van der Waals surface area contributed by atoms with Crippen molar-refractivity contribution >= 4 is 9.84 Å². The van der Waals surface area contributed by atoms with Crippen LogP contribution in [0.15, 0.2) is 35.2 Å². The number of halogens is 2. The van der Waals surface area contributed by atoms with Gasteiger partial charge < -0.3 is 5.11 Å². The highest BCUT2D eigenvalue weighted by Crippen LogP contribution is 2.33. The van der Waals surface area contributed by atoms with Crippen LogP contribution in [0.4, 0.5) is 8.78 Å². The number of unbranched alkanes of at least 4 members (excludes halogenated alkanes) is 3. The van der Waals surface area contributed by atoms with E-state index in [4.69, 9.17) is 0 Å². The van der Waals surface area contributed by atoms with Gasteiger partial charge in [-0.05, 0) is 18.6 Å². The molecular weight excluding hydrogens is 298 g/mol. The molecule has 0 radical (unpaired) electrons. The van der Waals surface area contributed by atoms with Crippen molar-refractivity contribution in [3.63, 3.8) is 0 Å². The third-order valence-electron chi connectivity index (χ3n) is 3.31. The van der Waals surface area contributed by atoms with Crippen LogP contribution in [-0.4, -0.2) is 24.9 Å². The van der Waals surface area contributed by atoms with Crippen molar-refractivity contribution in [2.45, 2.75) is 61.7 Å². The highest BCUT2D eigenvalue weighted by atomic mass is 32.2. The summed E-state index contributed by atoms with van der Waals surface area (Å²) in [6.45, 7) is 2.02. The molecule has 1 atom stereocenters. The molecule has 0 aliphatic rings. The number of hydrogen-bond acceptors (Lipinski definition) is 3. The zero-order valence-electron chi connectivity index (χ0n) is 12.1. The number of alkyl halides is 2. The van der Waals surface area contributed by atoms with Crippen molar-refractivity contribution in [2.75, 3.05) is 0 Å². The first kappa shape index (κ1) is 18.0. The van der Waals surface area contributed by atoms with Gasteiger partial charge in [0.15, 0.2) is 0 Å².